The first-order valence-corrected chi connectivity index (χ1v) is 9.51. The molecule has 2 aliphatic rings. The van der Waals surface area contributed by atoms with Gasteiger partial charge in [0.25, 0.3) is 0 Å². The van der Waals surface area contributed by atoms with Crippen LogP contribution in [0.15, 0.2) is 0 Å². The van der Waals surface area contributed by atoms with Crippen LogP contribution in [0.2, 0.25) is 0 Å². The topological polar surface area (TPSA) is 73.5 Å². The molecule has 7 heteroatoms. The number of aromatic amines is 1. The fraction of sp³-hybridized carbons (Fsp3) is 0.778. The number of morpholine rings is 1. The van der Waals surface area contributed by atoms with E-state index in [4.69, 9.17) is 4.74 Å². The predicted molar refractivity (Wildman–Crippen MR) is 96.6 cm³/mol. The maximum absolute atomic E-state index is 12.3. The second-order valence-electron chi connectivity index (χ2n) is 7.21. The van der Waals surface area contributed by atoms with Gasteiger partial charge in [-0.25, -0.2) is 4.79 Å². The van der Waals surface area contributed by atoms with Gasteiger partial charge >= 0.3 is 6.03 Å². The van der Waals surface area contributed by atoms with Gasteiger partial charge < -0.3 is 15.0 Å². The molecule has 1 atom stereocenters. The minimum absolute atomic E-state index is 0.0262. The summed E-state index contributed by atoms with van der Waals surface area (Å²) in [5, 5.41) is 10.6. The highest BCUT2D eigenvalue weighted by Gasteiger charge is 2.20. The number of carbonyl (C=O) groups is 1. The molecule has 0 saturated carbocycles. The monoisotopic (exact) mass is 349 g/mol. The third-order valence-electron chi connectivity index (χ3n) is 5.38. The Bertz CT molecular complexity index is 568. The third kappa shape index (κ3) is 4.73. The summed E-state index contributed by atoms with van der Waals surface area (Å²) in [6.07, 6.45) is 5.56. The lowest BCUT2D eigenvalue weighted by Crippen LogP contribution is -2.44. The van der Waals surface area contributed by atoms with E-state index >= 15 is 0 Å². The van der Waals surface area contributed by atoms with Crippen LogP contribution in [-0.2, 0) is 24.1 Å². The Labute approximate surface area is 150 Å². The molecular weight excluding hydrogens is 318 g/mol. The summed E-state index contributed by atoms with van der Waals surface area (Å²) in [4.78, 5) is 16.5. The van der Waals surface area contributed by atoms with E-state index < -0.39 is 0 Å². The summed E-state index contributed by atoms with van der Waals surface area (Å²) in [6.45, 7) is 7.08. The first kappa shape index (κ1) is 18.2. The number of amides is 2. The van der Waals surface area contributed by atoms with Gasteiger partial charge in [-0.2, -0.15) is 5.10 Å². The molecule has 1 aromatic rings. The molecular formula is C18H31N5O2. The maximum Gasteiger partial charge on any atom is 0.317 e. The maximum atomic E-state index is 12.3. The lowest BCUT2D eigenvalue weighted by Gasteiger charge is -2.32. The molecule has 2 amide bonds. The largest absolute Gasteiger partial charge is 0.379 e. The number of carbonyl (C=O) groups excluding carboxylic acids is 1. The van der Waals surface area contributed by atoms with Gasteiger partial charge in [0.15, 0.2) is 0 Å². The van der Waals surface area contributed by atoms with E-state index in [1.807, 2.05) is 7.05 Å². The number of aromatic nitrogens is 2. The first-order chi connectivity index (χ1) is 12.1. The van der Waals surface area contributed by atoms with Gasteiger partial charge in [-0.1, -0.05) is 0 Å². The zero-order valence-electron chi connectivity index (χ0n) is 15.5. The quantitative estimate of drug-likeness (QED) is 0.817. The Kier molecular flexibility index (Phi) is 6.31. The summed E-state index contributed by atoms with van der Waals surface area (Å²) < 4.78 is 5.39. The van der Waals surface area contributed by atoms with Crippen LogP contribution in [-0.4, -0.2) is 72.0 Å². The van der Waals surface area contributed by atoms with Crippen molar-refractivity contribution in [2.24, 2.45) is 0 Å². The molecule has 1 aliphatic heterocycles. The van der Waals surface area contributed by atoms with Crippen LogP contribution in [0, 0.1) is 0 Å². The lowest BCUT2D eigenvalue weighted by atomic mass is 9.96. The number of rotatable bonds is 6. The Hall–Kier alpha value is -1.60. The summed E-state index contributed by atoms with van der Waals surface area (Å²) in [5.41, 5.74) is 3.61. The molecule has 2 N–H and O–H groups in total. The fourth-order valence-corrected chi connectivity index (χ4v) is 3.70. The number of nitrogens with zero attached hydrogens (tertiary/aromatic N) is 3. The molecule has 140 valence electrons. The number of ether oxygens (including phenoxy) is 1. The third-order valence-corrected chi connectivity index (χ3v) is 5.38. The number of H-pyrrole nitrogens is 1. The minimum atomic E-state index is -0.0262. The lowest BCUT2D eigenvalue weighted by molar-refractivity contribution is 0.0188. The van der Waals surface area contributed by atoms with Crippen LogP contribution >= 0.6 is 0 Å². The van der Waals surface area contributed by atoms with Crippen LogP contribution in [0.3, 0.4) is 0 Å². The molecule has 1 fully saturated rings. The van der Waals surface area contributed by atoms with Crippen molar-refractivity contribution in [1.82, 2.24) is 25.3 Å². The van der Waals surface area contributed by atoms with E-state index in [-0.39, 0.29) is 6.03 Å². The summed E-state index contributed by atoms with van der Waals surface area (Å²) >= 11 is 0. The molecule has 0 spiro atoms. The number of nitrogens with one attached hydrogen (secondary N) is 2. The number of hydrogen-bond acceptors (Lipinski definition) is 4. The predicted octanol–water partition coefficient (Wildman–Crippen LogP) is 1.54. The first-order valence-electron chi connectivity index (χ1n) is 9.51. The molecule has 1 saturated heterocycles. The van der Waals surface area contributed by atoms with E-state index in [0.29, 0.717) is 19.1 Å². The number of hydrogen-bond donors (Lipinski definition) is 2. The highest BCUT2D eigenvalue weighted by molar-refractivity contribution is 5.73. The van der Waals surface area contributed by atoms with Gasteiger partial charge in [-0.15, -0.1) is 0 Å². The Morgan fingerprint density at radius 1 is 1.36 bits per heavy atom. The van der Waals surface area contributed by atoms with E-state index in [1.54, 1.807) is 4.90 Å². The van der Waals surface area contributed by atoms with Crippen molar-refractivity contribution < 1.29 is 9.53 Å². The fourth-order valence-electron chi connectivity index (χ4n) is 3.70. The van der Waals surface area contributed by atoms with Crippen molar-refractivity contribution in [3.63, 3.8) is 0 Å². The van der Waals surface area contributed by atoms with Crippen molar-refractivity contribution in [2.75, 3.05) is 39.9 Å². The number of aryl methyl sites for hydroxylation is 1. The molecule has 7 nitrogen and oxygen atoms in total. The van der Waals surface area contributed by atoms with Gasteiger partial charge in [-0.3, -0.25) is 10.00 Å². The van der Waals surface area contributed by atoms with E-state index in [2.05, 4.69) is 27.3 Å². The molecule has 25 heavy (non-hydrogen) atoms. The van der Waals surface area contributed by atoms with Crippen LogP contribution < -0.4 is 5.32 Å². The Balaban J connectivity index is 1.41. The van der Waals surface area contributed by atoms with E-state index in [9.17, 15) is 4.79 Å². The van der Waals surface area contributed by atoms with Crippen molar-refractivity contribution in [3.05, 3.63) is 17.0 Å². The van der Waals surface area contributed by atoms with Crippen LogP contribution in [0.1, 0.15) is 43.1 Å². The minimum Gasteiger partial charge on any atom is -0.379 e. The SMILES string of the molecule is C[C@@H](CCNC(=O)N(C)Cc1n[nH]c2c1CCCC2)N1CCOCC1. The molecule has 0 unspecified atom stereocenters. The number of fused-ring (bicyclic) bond motifs is 1. The zero-order valence-corrected chi connectivity index (χ0v) is 15.5. The normalized spacial score (nSPS) is 19.3. The summed E-state index contributed by atoms with van der Waals surface area (Å²) in [7, 11) is 1.84. The summed E-state index contributed by atoms with van der Waals surface area (Å²) in [6, 6.07) is 0.439. The molecule has 3 rings (SSSR count). The van der Waals surface area contributed by atoms with E-state index in [0.717, 1.165) is 51.3 Å². The highest BCUT2D eigenvalue weighted by atomic mass is 16.5. The molecule has 1 aromatic heterocycles. The van der Waals surface area contributed by atoms with Gasteiger partial charge in [0.1, 0.15) is 0 Å². The standard InChI is InChI=1S/C18H31N5O2/c1-14(23-9-11-25-12-10-23)7-8-19-18(24)22(2)13-17-15-5-3-4-6-16(15)20-21-17/h14H,3-13H2,1-2H3,(H,19,24)(H,20,21)/t14-/m0/s1. The highest BCUT2D eigenvalue weighted by Crippen LogP contribution is 2.22. The van der Waals surface area contributed by atoms with Crippen molar-refractivity contribution in [2.45, 2.75) is 51.6 Å². The average molecular weight is 349 g/mol. The molecule has 0 aromatic carbocycles. The Morgan fingerprint density at radius 2 is 2.12 bits per heavy atom. The van der Waals surface area contributed by atoms with E-state index in [1.165, 1.54) is 24.1 Å². The number of urea groups is 1. The van der Waals surface area contributed by atoms with Crippen molar-refractivity contribution in [3.8, 4) is 0 Å². The van der Waals surface area contributed by atoms with Crippen LogP contribution in [0.5, 0.6) is 0 Å². The molecule has 0 bridgehead atoms. The van der Waals surface area contributed by atoms with Crippen LogP contribution in [0.25, 0.3) is 0 Å². The second kappa shape index (κ2) is 8.67. The van der Waals surface area contributed by atoms with Crippen molar-refractivity contribution in [1.29, 1.82) is 0 Å². The molecule has 1 aliphatic carbocycles. The second-order valence-corrected chi connectivity index (χ2v) is 7.21. The average Bonchev–Trinajstić information content (AvgIpc) is 3.05. The van der Waals surface area contributed by atoms with Gasteiger partial charge in [0.2, 0.25) is 0 Å². The van der Waals surface area contributed by atoms with Gasteiger partial charge in [-0.05, 0) is 44.6 Å². The molecule has 2 heterocycles. The van der Waals surface area contributed by atoms with Gasteiger partial charge in [0, 0.05) is 38.4 Å². The van der Waals surface area contributed by atoms with Gasteiger partial charge in [0.05, 0.1) is 25.5 Å². The van der Waals surface area contributed by atoms with Crippen LogP contribution in [0.4, 0.5) is 4.79 Å². The Morgan fingerprint density at radius 3 is 2.92 bits per heavy atom. The van der Waals surface area contributed by atoms with Crippen molar-refractivity contribution >= 4 is 6.03 Å². The zero-order chi connectivity index (χ0) is 17.6. The smallest absolute Gasteiger partial charge is 0.317 e. The summed E-state index contributed by atoms with van der Waals surface area (Å²) in [5.74, 6) is 0. The molecule has 0 radical (unpaired) electrons.